The molecule has 1 aliphatic carbocycles. The summed E-state index contributed by atoms with van der Waals surface area (Å²) >= 11 is 11.1. The largest absolute Gasteiger partial charge is 0.389 e. The minimum atomic E-state index is -0.876. The van der Waals surface area contributed by atoms with Gasteiger partial charge in [0, 0.05) is 41.6 Å². The van der Waals surface area contributed by atoms with Gasteiger partial charge in [0.2, 0.25) is 0 Å². The molecule has 2 amide bonds. The summed E-state index contributed by atoms with van der Waals surface area (Å²) in [4.78, 5) is 26.3. The molecular formula is C21H21ClN4O4S. The highest BCUT2D eigenvalue weighted by atomic mass is 35.5. The van der Waals surface area contributed by atoms with Crippen molar-refractivity contribution in [2.24, 2.45) is 0 Å². The maximum Gasteiger partial charge on any atom is 0.253 e. The first-order valence-electron chi connectivity index (χ1n) is 9.62. The lowest BCUT2D eigenvalue weighted by Gasteiger charge is -2.27. The predicted octanol–water partition coefficient (Wildman–Crippen LogP) is 1.63. The average Bonchev–Trinajstić information content (AvgIpc) is 2.78. The number of aliphatic hydroxyl groups excluding tert-OH is 1. The van der Waals surface area contributed by atoms with Crippen molar-refractivity contribution < 1.29 is 19.4 Å². The van der Waals surface area contributed by atoms with E-state index in [0.29, 0.717) is 52.0 Å². The van der Waals surface area contributed by atoms with E-state index in [4.69, 9.17) is 28.6 Å². The highest BCUT2D eigenvalue weighted by Gasteiger charge is 2.23. The van der Waals surface area contributed by atoms with Crippen LogP contribution >= 0.6 is 23.8 Å². The molecule has 1 heterocycles. The van der Waals surface area contributed by atoms with E-state index in [9.17, 15) is 20.0 Å². The Hall–Kier alpha value is -2.77. The van der Waals surface area contributed by atoms with Crippen molar-refractivity contribution in [3.8, 4) is 6.07 Å². The molecule has 0 radical (unpaired) electrons. The molecule has 0 spiro atoms. The van der Waals surface area contributed by atoms with E-state index in [-0.39, 0.29) is 31.5 Å². The molecule has 162 valence electrons. The monoisotopic (exact) mass is 460 g/mol. The maximum absolute atomic E-state index is 12.3. The van der Waals surface area contributed by atoms with E-state index < -0.39 is 6.10 Å². The molecule has 1 aromatic carbocycles. The Kier molecular flexibility index (Phi) is 7.76. The Balaban J connectivity index is 1.54. The van der Waals surface area contributed by atoms with Gasteiger partial charge in [-0.2, -0.15) is 5.26 Å². The third-order valence-electron chi connectivity index (χ3n) is 4.74. The van der Waals surface area contributed by atoms with Crippen molar-refractivity contribution in [3.05, 3.63) is 46.5 Å². The third-order valence-corrected chi connectivity index (χ3v) is 5.39. The van der Waals surface area contributed by atoms with Crippen molar-refractivity contribution in [2.45, 2.75) is 12.5 Å². The van der Waals surface area contributed by atoms with Crippen LogP contribution in [-0.4, -0.2) is 60.7 Å². The lowest BCUT2D eigenvalue weighted by Crippen LogP contribution is -2.42. The molecule has 1 unspecified atom stereocenters. The Morgan fingerprint density at radius 2 is 2.23 bits per heavy atom. The first-order valence-corrected chi connectivity index (χ1v) is 10.4. The van der Waals surface area contributed by atoms with Crippen LogP contribution in [0.3, 0.4) is 0 Å². The summed E-state index contributed by atoms with van der Waals surface area (Å²) < 4.78 is 5.12. The minimum Gasteiger partial charge on any atom is -0.389 e. The van der Waals surface area contributed by atoms with Gasteiger partial charge in [-0.05, 0) is 24.3 Å². The summed E-state index contributed by atoms with van der Waals surface area (Å²) in [6, 6.07) is 7.12. The number of nitrogens with zero attached hydrogens (tertiary/aromatic N) is 2. The Labute approximate surface area is 190 Å². The fourth-order valence-electron chi connectivity index (χ4n) is 3.13. The smallest absolute Gasteiger partial charge is 0.253 e. The van der Waals surface area contributed by atoms with E-state index in [1.165, 1.54) is 11.0 Å². The van der Waals surface area contributed by atoms with Crippen LogP contribution in [-0.2, 0) is 14.3 Å². The second-order valence-electron chi connectivity index (χ2n) is 6.96. The molecule has 3 N–H and O–H groups in total. The highest BCUT2D eigenvalue weighted by molar-refractivity contribution is 7.81. The zero-order chi connectivity index (χ0) is 22.4. The van der Waals surface area contributed by atoms with Gasteiger partial charge in [0.05, 0.1) is 29.5 Å². The number of benzene rings is 1. The van der Waals surface area contributed by atoms with Gasteiger partial charge in [-0.3, -0.25) is 9.59 Å². The van der Waals surface area contributed by atoms with E-state index in [0.717, 1.165) is 0 Å². The number of ether oxygens (including phenoxy) is 1. The number of nitrogens with one attached hydrogen (secondary N) is 2. The molecular weight excluding hydrogens is 440 g/mol. The number of nitriles is 1. The van der Waals surface area contributed by atoms with Crippen LogP contribution in [0.25, 0.3) is 0 Å². The molecule has 31 heavy (non-hydrogen) atoms. The summed E-state index contributed by atoms with van der Waals surface area (Å²) in [5, 5.41) is 25.8. The molecule has 10 heteroatoms. The topological polar surface area (TPSA) is 115 Å². The van der Waals surface area contributed by atoms with Crippen molar-refractivity contribution >= 4 is 51.9 Å². The number of rotatable bonds is 7. The highest BCUT2D eigenvalue weighted by Crippen LogP contribution is 2.25. The molecule has 0 saturated carbocycles. The van der Waals surface area contributed by atoms with Crippen molar-refractivity contribution in [1.82, 2.24) is 5.32 Å². The van der Waals surface area contributed by atoms with E-state index >= 15 is 0 Å². The Morgan fingerprint density at radius 1 is 1.42 bits per heavy atom. The van der Waals surface area contributed by atoms with Crippen LogP contribution in [0, 0.1) is 11.3 Å². The molecule has 2 aliphatic rings. The van der Waals surface area contributed by atoms with E-state index in [2.05, 4.69) is 16.7 Å². The van der Waals surface area contributed by atoms with Gasteiger partial charge in [-0.1, -0.05) is 29.9 Å². The van der Waals surface area contributed by atoms with Gasteiger partial charge >= 0.3 is 0 Å². The fourth-order valence-corrected chi connectivity index (χ4v) is 3.55. The molecule has 0 bridgehead atoms. The molecule has 0 aromatic heterocycles. The zero-order valence-corrected chi connectivity index (χ0v) is 18.1. The molecule has 1 fully saturated rings. The van der Waals surface area contributed by atoms with Crippen molar-refractivity contribution in [2.75, 3.05) is 43.1 Å². The molecule has 1 aromatic rings. The number of carbonyl (C=O) groups is 2. The second kappa shape index (κ2) is 10.5. The number of aliphatic hydroxyl groups is 1. The number of hydrogen-bond donors (Lipinski definition) is 3. The standard InChI is InChI=1S/C21H21ClN4O4S/c22-14-1-4-19(31)17(8-14)21(29)25-11-16(27)10-24-15-2-3-18(13(7-15)9-23)26-5-6-30-12-20(26)28/h1-3,7-8,16,24,27H,4-6,10-12H2,(H,25,29). The van der Waals surface area contributed by atoms with Gasteiger partial charge < -0.3 is 25.4 Å². The molecule has 1 saturated heterocycles. The first kappa shape index (κ1) is 22.9. The van der Waals surface area contributed by atoms with Crippen LogP contribution in [0.2, 0.25) is 0 Å². The fraction of sp³-hybridized carbons (Fsp3) is 0.333. The number of anilines is 2. The lowest BCUT2D eigenvalue weighted by atomic mass is 10.0. The molecule has 1 atom stereocenters. The van der Waals surface area contributed by atoms with Gasteiger partial charge in [0.25, 0.3) is 11.8 Å². The van der Waals surface area contributed by atoms with Crippen molar-refractivity contribution in [1.29, 1.82) is 5.26 Å². The predicted molar refractivity (Wildman–Crippen MR) is 121 cm³/mol. The number of allylic oxidation sites excluding steroid dienone is 3. The molecule has 8 nitrogen and oxygen atoms in total. The zero-order valence-electron chi connectivity index (χ0n) is 16.6. The Morgan fingerprint density at radius 3 is 2.97 bits per heavy atom. The van der Waals surface area contributed by atoms with Crippen LogP contribution < -0.4 is 15.5 Å². The third kappa shape index (κ3) is 5.89. The van der Waals surface area contributed by atoms with Gasteiger partial charge in [0.1, 0.15) is 12.7 Å². The first-order chi connectivity index (χ1) is 14.9. The van der Waals surface area contributed by atoms with Crippen LogP contribution in [0.15, 0.2) is 41.0 Å². The minimum absolute atomic E-state index is 0.00704. The second-order valence-corrected chi connectivity index (χ2v) is 7.89. The molecule has 3 rings (SSSR count). The number of amides is 2. The van der Waals surface area contributed by atoms with Crippen LogP contribution in [0.1, 0.15) is 12.0 Å². The summed E-state index contributed by atoms with van der Waals surface area (Å²) in [6.45, 7) is 0.953. The SMILES string of the molecule is N#Cc1cc(NCC(O)CNC(=O)C2=CC(Cl)=CCC2=S)ccc1N1CCOCC1=O. The molecule has 1 aliphatic heterocycles. The average molecular weight is 461 g/mol. The Bertz CT molecular complexity index is 1000. The quantitative estimate of drug-likeness (QED) is 0.530. The van der Waals surface area contributed by atoms with Gasteiger partial charge in [-0.15, -0.1) is 0 Å². The van der Waals surface area contributed by atoms with Gasteiger partial charge in [-0.25, -0.2) is 0 Å². The summed E-state index contributed by atoms with van der Waals surface area (Å²) in [5.41, 5.74) is 1.80. The van der Waals surface area contributed by atoms with E-state index in [1.807, 2.05) is 0 Å². The van der Waals surface area contributed by atoms with Crippen LogP contribution in [0.5, 0.6) is 0 Å². The number of halogens is 1. The lowest BCUT2D eigenvalue weighted by molar-refractivity contribution is -0.125. The number of thiocarbonyl (C=S) groups is 1. The van der Waals surface area contributed by atoms with Gasteiger partial charge in [0.15, 0.2) is 0 Å². The van der Waals surface area contributed by atoms with E-state index in [1.54, 1.807) is 24.3 Å². The summed E-state index contributed by atoms with van der Waals surface area (Å²) in [5.74, 6) is -0.583. The normalized spacial score (nSPS) is 17.4. The summed E-state index contributed by atoms with van der Waals surface area (Å²) in [6.07, 6.45) is 2.80. The number of carbonyl (C=O) groups excluding carboxylic acids is 2. The maximum atomic E-state index is 12.3. The number of hydrogen-bond acceptors (Lipinski definition) is 7. The van der Waals surface area contributed by atoms with Crippen molar-refractivity contribution in [3.63, 3.8) is 0 Å². The van der Waals surface area contributed by atoms with Crippen LogP contribution in [0.4, 0.5) is 11.4 Å². The number of morpholine rings is 1. The summed E-state index contributed by atoms with van der Waals surface area (Å²) in [7, 11) is 0.